The molecule has 0 aliphatic heterocycles. The molecule has 0 atom stereocenters. The van der Waals surface area contributed by atoms with E-state index in [-0.39, 0.29) is 17.9 Å². The molecule has 0 bridgehead atoms. The van der Waals surface area contributed by atoms with Gasteiger partial charge in [0.1, 0.15) is 5.82 Å². The molecular formula is C28H26N4O2. The van der Waals surface area contributed by atoms with E-state index in [4.69, 9.17) is 0 Å². The Hall–Kier alpha value is -4.03. The molecule has 0 radical (unpaired) electrons. The van der Waals surface area contributed by atoms with Gasteiger partial charge in [-0.05, 0) is 30.3 Å². The van der Waals surface area contributed by atoms with Gasteiger partial charge < -0.3 is 9.55 Å². The van der Waals surface area contributed by atoms with Crippen molar-refractivity contribution in [3.63, 3.8) is 0 Å². The van der Waals surface area contributed by atoms with Crippen molar-refractivity contribution in [2.45, 2.75) is 13.5 Å². The molecule has 6 nitrogen and oxygen atoms in total. The van der Waals surface area contributed by atoms with E-state index in [0.717, 1.165) is 27.7 Å². The summed E-state index contributed by atoms with van der Waals surface area (Å²) in [5.41, 5.74) is 4.16. The maximum atomic E-state index is 13.8. The first kappa shape index (κ1) is 21.8. The summed E-state index contributed by atoms with van der Waals surface area (Å²) in [5.74, 6) is 0.597. The van der Waals surface area contributed by atoms with E-state index in [1.165, 1.54) is 0 Å². The number of hydrogen-bond donors (Lipinski definition) is 1. The first-order valence-corrected chi connectivity index (χ1v) is 11.4. The van der Waals surface area contributed by atoms with Gasteiger partial charge in [0, 0.05) is 18.0 Å². The van der Waals surface area contributed by atoms with Crippen LogP contribution in [0.1, 0.15) is 23.1 Å². The molecule has 2 heterocycles. The van der Waals surface area contributed by atoms with Crippen LogP contribution < -0.4 is 5.56 Å². The highest BCUT2D eigenvalue weighted by molar-refractivity contribution is 6.14. The summed E-state index contributed by atoms with van der Waals surface area (Å²) in [5, 5.41) is 1.51. The number of para-hydroxylation sites is 2. The van der Waals surface area contributed by atoms with Crippen molar-refractivity contribution < 1.29 is 4.79 Å². The second kappa shape index (κ2) is 9.08. The van der Waals surface area contributed by atoms with Gasteiger partial charge >= 0.3 is 0 Å². The summed E-state index contributed by atoms with van der Waals surface area (Å²) in [4.78, 5) is 35.7. The van der Waals surface area contributed by atoms with Crippen molar-refractivity contribution in [2.75, 3.05) is 13.1 Å². The highest BCUT2D eigenvalue weighted by Crippen LogP contribution is 2.33. The quantitative estimate of drug-likeness (QED) is 0.362. The van der Waals surface area contributed by atoms with Crippen LogP contribution in [-0.4, -0.2) is 38.3 Å². The highest BCUT2D eigenvalue weighted by Gasteiger charge is 2.23. The van der Waals surface area contributed by atoms with Gasteiger partial charge in [0.05, 0.1) is 35.2 Å². The maximum Gasteiger partial charge on any atom is 0.258 e. The summed E-state index contributed by atoms with van der Waals surface area (Å²) < 4.78 is 2.09. The molecule has 0 unspecified atom stereocenters. The van der Waals surface area contributed by atoms with Gasteiger partial charge in [-0.15, -0.1) is 0 Å². The van der Waals surface area contributed by atoms with Gasteiger partial charge in [-0.3, -0.25) is 14.5 Å². The van der Waals surface area contributed by atoms with Crippen molar-refractivity contribution in [1.29, 1.82) is 0 Å². The lowest BCUT2D eigenvalue weighted by atomic mass is 10.0. The summed E-state index contributed by atoms with van der Waals surface area (Å²) in [6.45, 7) is 3.26. The minimum Gasteiger partial charge on any atom is -0.343 e. The van der Waals surface area contributed by atoms with Gasteiger partial charge in [0.25, 0.3) is 5.56 Å². The number of nitrogens with one attached hydrogen (secondary N) is 1. The number of likely N-dealkylation sites (N-methyl/N-ethyl adjacent to an activating group) is 1. The minimum atomic E-state index is -0.164. The zero-order chi connectivity index (χ0) is 23.7. The SMILES string of the molecule is CCN(CC(=O)c1c(-c2ccccc2)n(C)c2ccccc12)Cc1nc2ccccc2c(=O)[nH]1. The molecule has 5 rings (SSSR count). The van der Waals surface area contributed by atoms with Crippen molar-refractivity contribution in [2.24, 2.45) is 7.05 Å². The van der Waals surface area contributed by atoms with Crippen LogP contribution in [0.25, 0.3) is 33.1 Å². The van der Waals surface area contributed by atoms with E-state index in [1.54, 1.807) is 6.07 Å². The Bertz CT molecular complexity index is 1550. The van der Waals surface area contributed by atoms with Gasteiger partial charge in [0.15, 0.2) is 5.78 Å². The molecule has 0 aliphatic carbocycles. The van der Waals surface area contributed by atoms with Crippen molar-refractivity contribution in [3.05, 3.63) is 101 Å². The zero-order valence-electron chi connectivity index (χ0n) is 19.3. The minimum absolute atomic E-state index is 0.0423. The van der Waals surface area contributed by atoms with E-state index in [0.29, 0.717) is 29.8 Å². The Balaban J connectivity index is 1.50. The lowest BCUT2D eigenvalue weighted by molar-refractivity contribution is 0.0930. The van der Waals surface area contributed by atoms with Crippen LogP contribution in [0, 0.1) is 0 Å². The molecule has 1 N–H and O–H groups in total. The highest BCUT2D eigenvalue weighted by atomic mass is 16.1. The fourth-order valence-corrected chi connectivity index (χ4v) is 4.59. The predicted octanol–water partition coefficient (Wildman–Crippen LogP) is 4.79. The van der Waals surface area contributed by atoms with Crippen LogP contribution in [0.2, 0.25) is 0 Å². The van der Waals surface area contributed by atoms with Crippen molar-refractivity contribution in [1.82, 2.24) is 19.4 Å². The number of H-pyrrole nitrogens is 1. The molecule has 6 heteroatoms. The van der Waals surface area contributed by atoms with Crippen LogP contribution in [0.4, 0.5) is 0 Å². The number of carbonyl (C=O) groups excluding carboxylic acids is 1. The molecule has 0 saturated heterocycles. The molecule has 34 heavy (non-hydrogen) atoms. The fraction of sp³-hybridized carbons (Fsp3) is 0.179. The summed E-state index contributed by atoms with van der Waals surface area (Å²) >= 11 is 0. The van der Waals surface area contributed by atoms with Gasteiger partial charge in [-0.2, -0.15) is 0 Å². The molecular weight excluding hydrogens is 424 g/mol. The number of nitrogens with zero attached hydrogens (tertiary/aromatic N) is 3. The molecule has 0 fully saturated rings. The Labute approximate surface area is 197 Å². The number of aryl methyl sites for hydroxylation is 1. The smallest absolute Gasteiger partial charge is 0.258 e. The van der Waals surface area contributed by atoms with E-state index in [2.05, 4.69) is 14.5 Å². The summed E-state index contributed by atoms with van der Waals surface area (Å²) in [6, 6.07) is 25.3. The molecule has 5 aromatic rings. The number of ketones is 1. The van der Waals surface area contributed by atoms with Crippen LogP contribution in [0.3, 0.4) is 0 Å². The number of hydrogen-bond acceptors (Lipinski definition) is 4. The van der Waals surface area contributed by atoms with Crippen molar-refractivity contribution >= 4 is 27.6 Å². The number of fused-ring (bicyclic) bond motifs is 2. The van der Waals surface area contributed by atoms with Crippen LogP contribution >= 0.6 is 0 Å². The van der Waals surface area contributed by atoms with E-state index in [1.807, 2.05) is 91.7 Å². The fourth-order valence-electron chi connectivity index (χ4n) is 4.59. The number of Topliss-reactive ketones (excluding diaryl/α,β-unsaturated/α-hetero) is 1. The average molecular weight is 451 g/mol. The second-order valence-electron chi connectivity index (χ2n) is 8.42. The average Bonchev–Trinajstić information content (AvgIpc) is 3.16. The van der Waals surface area contributed by atoms with E-state index < -0.39 is 0 Å². The number of aromatic amines is 1. The number of carbonyl (C=O) groups is 1. The third-order valence-corrected chi connectivity index (χ3v) is 6.28. The lowest BCUT2D eigenvalue weighted by Gasteiger charge is -2.19. The van der Waals surface area contributed by atoms with Crippen molar-refractivity contribution in [3.8, 4) is 11.3 Å². The second-order valence-corrected chi connectivity index (χ2v) is 8.42. The zero-order valence-corrected chi connectivity index (χ0v) is 19.3. The number of benzene rings is 3. The molecule has 0 spiro atoms. The maximum absolute atomic E-state index is 13.8. The third-order valence-electron chi connectivity index (χ3n) is 6.28. The lowest BCUT2D eigenvalue weighted by Crippen LogP contribution is -2.31. The normalized spacial score (nSPS) is 11.5. The van der Waals surface area contributed by atoms with Crippen LogP contribution in [0.15, 0.2) is 83.7 Å². The Morgan fingerprint density at radius 1 is 0.941 bits per heavy atom. The first-order chi connectivity index (χ1) is 16.6. The molecule has 0 aliphatic rings. The summed E-state index contributed by atoms with van der Waals surface area (Å²) in [6.07, 6.45) is 0. The molecule has 170 valence electrons. The Morgan fingerprint density at radius 2 is 1.62 bits per heavy atom. The molecule has 3 aromatic carbocycles. The molecule has 2 aromatic heterocycles. The predicted molar refractivity (Wildman–Crippen MR) is 136 cm³/mol. The standard InChI is InChI=1S/C28H26N4O2/c1-3-32(18-25-29-22-15-9-7-13-20(22)28(34)30-25)17-24(33)26-21-14-8-10-16-23(21)31(2)27(26)19-11-5-4-6-12-19/h4-16H,3,17-18H2,1-2H3,(H,29,30,34). The number of aromatic nitrogens is 3. The summed E-state index contributed by atoms with van der Waals surface area (Å²) in [7, 11) is 2.00. The Kier molecular flexibility index (Phi) is 5.82. The largest absolute Gasteiger partial charge is 0.343 e. The third kappa shape index (κ3) is 3.93. The van der Waals surface area contributed by atoms with Crippen LogP contribution in [-0.2, 0) is 13.6 Å². The van der Waals surface area contributed by atoms with Gasteiger partial charge in [0.2, 0.25) is 0 Å². The molecule has 0 amide bonds. The van der Waals surface area contributed by atoms with Gasteiger partial charge in [-0.25, -0.2) is 4.98 Å². The number of rotatable bonds is 7. The topological polar surface area (TPSA) is 71.0 Å². The van der Waals surface area contributed by atoms with E-state index in [9.17, 15) is 9.59 Å². The van der Waals surface area contributed by atoms with E-state index >= 15 is 0 Å². The Morgan fingerprint density at radius 3 is 2.38 bits per heavy atom. The monoisotopic (exact) mass is 450 g/mol. The first-order valence-electron chi connectivity index (χ1n) is 11.4. The van der Waals surface area contributed by atoms with Crippen LogP contribution in [0.5, 0.6) is 0 Å². The molecule has 0 saturated carbocycles. The van der Waals surface area contributed by atoms with Gasteiger partial charge in [-0.1, -0.05) is 67.6 Å².